The van der Waals surface area contributed by atoms with E-state index in [0.717, 1.165) is 23.1 Å². The fourth-order valence-corrected chi connectivity index (χ4v) is 1.63. The Kier molecular flexibility index (Phi) is 3.10. The summed E-state index contributed by atoms with van der Waals surface area (Å²) in [5.74, 6) is 1.41. The van der Waals surface area contributed by atoms with Crippen molar-refractivity contribution in [3.8, 4) is 11.6 Å². The van der Waals surface area contributed by atoms with Gasteiger partial charge >= 0.3 is 0 Å². The summed E-state index contributed by atoms with van der Waals surface area (Å²) < 4.78 is 12.3. The van der Waals surface area contributed by atoms with Crippen molar-refractivity contribution in [1.82, 2.24) is 4.98 Å². The van der Waals surface area contributed by atoms with Gasteiger partial charge in [-0.3, -0.25) is 0 Å². The summed E-state index contributed by atoms with van der Waals surface area (Å²) in [6.45, 7) is 5.99. The van der Waals surface area contributed by atoms with Gasteiger partial charge in [-0.2, -0.15) is 0 Å². The van der Waals surface area contributed by atoms with Crippen LogP contribution in [0, 0.1) is 0 Å². The molecule has 0 saturated heterocycles. The highest BCUT2D eigenvalue weighted by atomic mass is 79.9. The molecule has 16 heavy (non-hydrogen) atoms. The molecule has 0 bridgehead atoms. The predicted octanol–water partition coefficient (Wildman–Crippen LogP) is 3.56. The molecular formula is C12H16BrNO2. The van der Waals surface area contributed by atoms with Crippen LogP contribution < -0.4 is 9.47 Å². The summed E-state index contributed by atoms with van der Waals surface area (Å²) in [7, 11) is 0. The van der Waals surface area contributed by atoms with Crippen LogP contribution in [-0.2, 0) is 0 Å². The van der Waals surface area contributed by atoms with Crippen LogP contribution in [-0.4, -0.2) is 16.7 Å². The molecule has 1 saturated carbocycles. The van der Waals surface area contributed by atoms with Crippen molar-refractivity contribution in [2.24, 2.45) is 0 Å². The van der Waals surface area contributed by atoms with E-state index in [0.29, 0.717) is 12.0 Å². The lowest BCUT2D eigenvalue weighted by atomic mass is 10.2. The Bertz CT molecular complexity index is 383. The molecule has 88 valence electrons. The molecule has 0 aliphatic heterocycles. The third-order valence-corrected chi connectivity index (χ3v) is 2.77. The Morgan fingerprint density at radius 3 is 2.62 bits per heavy atom. The SMILES string of the molecule is CC(C)(C)Oc1nccc(OC2CC2)c1Br. The average molecular weight is 286 g/mol. The van der Waals surface area contributed by atoms with Gasteiger partial charge in [-0.1, -0.05) is 0 Å². The number of pyridine rings is 1. The number of nitrogens with zero attached hydrogens (tertiary/aromatic N) is 1. The summed E-state index contributed by atoms with van der Waals surface area (Å²) >= 11 is 3.48. The maximum absolute atomic E-state index is 5.74. The molecule has 1 fully saturated rings. The van der Waals surface area contributed by atoms with Crippen LogP contribution in [0.4, 0.5) is 0 Å². The lowest BCUT2D eigenvalue weighted by Crippen LogP contribution is -2.23. The summed E-state index contributed by atoms with van der Waals surface area (Å²) in [5, 5.41) is 0. The fourth-order valence-electron chi connectivity index (χ4n) is 1.23. The third-order valence-electron chi connectivity index (χ3n) is 2.04. The zero-order chi connectivity index (χ0) is 11.8. The first-order valence-electron chi connectivity index (χ1n) is 5.46. The normalized spacial score (nSPS) is 16.0. The van der Waals surface area contributed by atoms with Crippen LogP contribution in [0.15, 0.2) is 16.7 Å². The highest BCUT2D eigenvalue weighted by molar-refractivity contribution is 9.10. The van der Waals surface area contributed by atoms with Gasteiger partial charge in [0.15, 0.2) is 0 Å². The first-order valence-corrected chi connectivity index (χ1v) is 6.25. The Hall–Kier alpha value is -0.770. The van der Waals surface area contributed by atoms with E-state index in [9.17, 15) is 0 Å². The standard InChI is InChI=1S/C12H16BrNO2/c1-12(2,3)16-11-10(13)9(6-7-14-11)15-8-4-5-8/h6-8H,4-5H2,1-3H3. The van der Waals surface area contributed by atoms with Crippen LogP contribution in [0.2, 0.25) is 0 Å². The number of ether oxygens (including phenoxy) is 2. The van der Waals surface area contributed by atoms with Gasteiger partial charge in [-0.05, 0) is 55.6 Å². The minimum Gasteiger partial charge on any atom is -0.489 e. The van der Waals surface area contributed by atoms with E-state index in [1.807, 2.05) is 26.8 Å². The maximum Gasteiger partial charge on any atom is 0.232 e. The van der Waals surface area contributed by atoms with Gasteiger partial charge in [0, 0.05) is 6.20 Å². The molecule has 0 spiro atoms. The van der Waals surface area contributed by atoms with Gasteiger partial charge in [0.2, 0.25) is 5.88 Å². The van der Waals surface area contributed by atoms with E-state index in [4.69, 9.17) is 9.47 Å². The Morgan fingerprint density at radius 1 is 1.38 bits per heavy atom. The first-order chi connectivity index (χ1) is 7.46. The number of hydrogen-bond acceptors (Lipinski definition) is 3. The van der Waals surface area contributed by atoms with Crippen LogP contribution in [0.1, 0.15) is 33.6 Å². The second-order valence-electron chi connectivity index (χ2n) is 4.96. The zero-order valence-corrected chi connectivity index (χ0v) is 11.4. The molecule has 0 atom stereocenters. The molecule has 0 radical (unpaired) electrons. The maximum atomic E-state index is 5.74. The van der Waals surface area contributed by atoms with Crippen molar-refractivity contribution in [3.63, 3.8) is 0 Å². The van der Waals surface area contributed by atoms with Crippen LogP contribution in [0.5, 0.6) is 11.6 Å². The molecule has 1 heterocycles. The Morgan fingerprint density at radius 2 is 2.06 bits per heavy atom. The summed E-state index contributed by atoms with van der Waals surface area (Å²) in [4.78, 5) is 4.20. The highest BCUT2D eigenvalue weighted by Gasteiger charge is 2.25. The van der Waals surface area contributed by atoms with Crippen molar-refractivity contribution in [2.75, 3.05) is 0 Å². The molecule has 1 aliphatic carbocycles. The second kappa shape index (κ2) is 4.24. The molecule has 1 aromatic heterocycles. The number of aromatic nitrogens is 1. The smallest absolute Gasteiger partial charge is 0.232 e. The summed E-state index contributed by atoms with van der Waals surface area (Å²) in [5.41, 5.74) is -0.256. The molecule has 1 aliphatic rings. The lowest BCUT2D eigenvalue weighted by molar-refractivity contribution is 0.122. The van der Waals surface area contributed by atoms with Crippen molar-refractivity contribution < 1.29 is 9.47 Å². The van der Waals surface area contributed by atoms with E-state index in [2.05, 4.69) is 20.9 Å². The zero-order valence-electron chi connectivity index (χ0n) is 9.79. The van der Waals surface area contributed by atoms with Gasteiger partial charge in [0.1, 0.15) is 15.8 Å². The van der Waals surface area contributed by atoms with E-state index in [1.54, 1.807) is 6.20 Å². The molecular weight excluding hydrogens is 270 g/mol. The molecule has 4 heteroatoms. The van der Waals surface area contributed by atoms with Gasteiger partial charge in [0.25, 0.3) is 0 Å². The topological polar surface area (TPSA) is 31.4 Å². The van der Waals surface area contributed by atoms with Gasteiger partial charge < -0.3 is 9.47 Å². The average Bonchev–Trinajstić information content (AvgIpc) is 2.93. The fraction of sp³-hybridized carbons (Fsp3) is 0.583. The lowest BCUT2D eigenvalue weighted by Gasteiger charge is -2.21. The first kappa shape index (κ1) is 11.7. The summed E-state index contributed by atoms with van der Waals surface area (Å²) in [6.07, 6.45) is 4.37. The van der Waals surface area contributed by atoms with Crippen molar-refractivity contribution in [1.29, 1.82) is 0 Å². The number of halogens is 1. The van der Waals surface area contributed by atoms with Crippen LogP contribution >= 0.6 is 15.9 Å². The van der Waals surface area contributed by atoms with E-state index in [1.165, 1.54) is 0 Å². The number of rotatable bonds is 3. The monoisotopic (exact) mass is 285 g/mol. The Labute approximate surface area is 104 Å². The molecule has 3 nitrogen and oxygen atoms in total. The highest BCUT2D eigenvalue weighted by Crippen LogP contribution is 2.37. The molecule has 1 aromatic rings. The van der Waals surface area contributed by atoms with Gasteiger partial charge in [-0.15, -0.1) is 0 Å². The molecule has 0 unspecified atom stereocenters. The predicted molar refractivity (Wildman–Crippen MR) is 66.0 cm³/mol. The van der Waals surface area contributed by atoms with Gasteiger partial charge in [-0.25, -0.2) is 4.98 Å². The van der Waals surface area contributed by atoms with Crippen LogP contribution in [0.3, 0.4) is 0 Å². The minimum absolute atomic E-state index is 0.256. The molecule has 0 amide bonds. The Balaban J connectivity index is 2.18. The minimum atomic E-state index is -0.256. The van der Waals surface area contributed by atoms with Crippen LogP contribution in [0.25, 0.3) is 0 Å². The molecule has 2 rings (SSSR count). The number of hydrogen-bond donors (Lipinski definition) is 0. The largest absolute Gasteiger partial charge is 0.489 e. The van der Waals surface area contributed by atoms with Gasteiger partial charge in [0.05, 0.1) is 6.10 Å². The van der Waals surface area contributed by atoms with E-state index in [-0.39, 0.29) is 5.60 Å². The summed E-state index contributed by atoms with van der Waals surface area (Å²) in [6, 6.07) is 1.86. The van der Waals surface area contributed by atoms with E-state index >= 15 is 0 Å². The van der Waals surface area contributed by atoms with Crippen molar-refractivity contribution in [2.45, 2.75) is 45.3 Å². The molecule has 0 N–H and O–H groups in total. The quantitative estimate of drug-likeness (QED) is 0.851. The second-order valence-corrected chi connectivity index (χ2v) is 5.75. The van der Waals surface area contributed by atoms with Crippen molar-refractivity contribution >= 4 is 15.9 Å². The molecule has 0 aromatic carbocycles. The van der Waals surface area contributed by atoms with Crippen molar-refractivity contribution in [3.05, 3.63) is 16.7 Å². The van der Waals surface area contributed by atoms with E-state index < -0.39 is 0 Å². The third kappa shape index (κ3) is 3.11.